The zero-order valence-corrected chi connectivity index (χ0v) is 8.57. The summed E-state index contributed by atoms with van der Waals surface area (Å²) in [6.07, 6.45) is 13.2. The highest BCUT2D eigenvalue weighted by Crippen LogP contribution is 2.29. The van der Waals surface area contributed by atoms with Crippen LogP contribution in [0.4, 0.5) is 0 Å². The Morgan fingerprint density at radius 2 is 1.87 bits per heavy atom. The molecule has 2 aliphatic carbocycles. The molecule has 0 atom stereocenters. The van der Waals surface area contributed by atoms with E-state index in [1.807, 2.05) is 30.4 Å². The van der Waals surface area contributed by atoms with Crippen molar-refractivity contribution in [3.05, 3.63) is 58.9 Å². The molecule has 2 heteroatoms. The van der Waals surface area contributed by atoms with E-state index in [2.05, 4.69) is 0 Å². The van der Waals surface area contributed by atoms with E-state index in [1.54, 1.807) is 13.2 Å². The number of carbonyl (C=O) groups is 1. The van der Waals surface area contributed by atoms with Gasteiger partial charge in [0.1, 0.15) is 12.0 Å². The smallest absolute Gasteiger partial charge is 0.150 e. The van der Waals surface area contributed by atoms with Crippen molar-refractivity contribution in [2.24, 2.45) is 0 Å². The number of ether oxygens (including phenoxy) is 1. The van der Waals surface area contributed by atoms with Crippen molar-refractivity contribution in [3.63, 3.8) is 0 Å². The lowest BCUT2D eigenvalue weighted by Crippen LogP contribution is -1.94. The Labute approximate surface area is 88.9 Å². The van der Waals surface area contributed by atoms with Crippen LogP contribution in [0, 0.1) is 0 Å². The van der Waals surface area contributed by atoms with Gasteiger partial charge in [-0.1, -0.05) is 24.3 Å². The average molecular weight is 200 g/mol. The summed E-state index contributed by atoms with van der Waals surface area (Å²) in [6.45, 7) is 0. The molecule has 0 fully saturated rings. The van der Waals surface area contributed by atoms with Crippen LogP contribution >= 0.6 is 0 Å². The van der Waals surface area contributed by atoms with Crippen molar-refractivity contribution >= 4 is 6.29 Å². The number of hydrogen-bond acceptors (Lipinski definition) is 2. The summed E-state index contributed by atoms with van der Waals surface area (Å²) in [5.41, 5.74) is 2.86. The predicted octanol–water partition coefficient (Wildman–Crippen LogP) is 2.47. The van der Waals surface area contributed by atoms with Gasteiger partial charge in [-0.05, 0) is 23.3 Å². The minimum absolute atomic E-state index is 0.722. The maximum absolute atomic E-state index is 10.9. The predicted molar refractivity (Wildman–Crippen MR) is 59.2 cm³/mol. The molecule has 0 aliphatic heterocycles. The SMILES string of the molecule is COC1=CC=C(C=O)C2=CC=CC=C1C2. The van der Waals surface area contributed by atoms with Crippen LogP contribution in [0.25, 0.3) is 0 Å². The van der Waals surface area contributed by atoms with E-state index in [0.29, 0.717) is 0 Å². The van der Waals surface area contributed by atoms with Gasteiger partial charge in [-0.2, -0.15) is 0 Å². The summed E-state index contributed by atoms with van der Waals surface area (Å²) in [7, 11) is 1.64. The maximum atomic E-state index is 10.9. The lowest BCUT2D eigenvalue weighted by Gasteiger charge is -2.08. The molecule has 0 saturated heterocycles. The molecule has 0 N–H and O–H groups in total. The van der Waals surface area contributed by atoms with Crippen LogP contribution < -0.4 is 0 Å². The second-order valence-electron chi connectivity index (χ2n) is 3.42. The van der Waals surface area contributed by atoms with Gasteiger partial charge >= 0.3 is 0 Å². The van der Waals surface area contributed by atoms with Crippen molar-refractivity contribution in [1.82, 2.24) is 0 Å². The number of carbonyl (C=O) groups excluding carboxylic acids is 1. The zero-order valence-electron chi connectivity index (χ0n) is 8.57. The molecule has 0 unspecified atom stereocenters. The lowest BCUT2D eigenvalue weighted by molar-refractivity contribution is -0.104. The largest absolute Gasteiger partial charge is 0.496 e. The van der Waals surface area contributed by atoms with E-state index in [4.69, 9.17) is 4.74 Å². The highest BCUT2D eigenvalue weighted by molar-refractivity contribution is 5.82. The molecule has 0 radical (unpaired) electrons. The van der Waals surface area contributed by atoms with Crippen LogP contribution in [0.15, 0.2) is 58.9 Å². The second-order valence-corrected chi connectivity index (χ2v) is 3.42. The average Bonchev–Trinajstić information content (AvgIpc) is 2.59. The van der Waals surface area contributed by atoms with E-state index in [-0.39, 0.29) is 0 Å². The Morgan fingerprint density at radius 3 is 2.53 bits per heavy atom. The standard InChI is InChI=1S/C13H12O2/c1-15-13-7-6-12(9-14)10-4-2-3-5-11(13)8-10/h2-7,9H,8H2,1H3. The van der Waals surface area contributed by atoms with Crippen LogP contribution in [-0.2, 0) is 9.53 Å². The molecule has 0 aromatic heterocycles. The normalized spacial score (nSPS) is 19.0. The monoisotopic (exact) mass is 200 g/mol. The van der Waals surface area contributed by atoms with Crippen LogP contribution in [0.2, 0.25) is 0 Å². The first-order valence-electron chi connectivity index (χ1n) is 4.83. The Morgan fingerprint density at radius 1 is 1.13 bits per heavy atom. The second kappa shape index (κ2) is 4.13. The fourth-order valence-electron chi connectivity index (χ4n) is 1.73. The number of allylic oxidation sites excluding steroid dienone is 9. The van der Waals surface area contributed by atoms with Crippen LogP contribution in [0.1, 0.15) is 6.42 Å². The topological polar surface area (TPSA) is 26.3 Å². The Bertz CT molecular complexity index is 431. The van der Waals surface area contributed by atoms with Crippen LogP contribution in [0.3, 0.4) is 0 Å². The summed E-state index contributed by atoms with van der Waals surface area (Å²) in [5.74, 6) is 0.823. The Hall–Kier alpha value is -1.83. The van der Waals surface area contributed by atoms with Crippen molar-refractivity contribution in [1.29, 1.82) is 0 Å². The van der Waals surface area contributed by atoms with E-state index in [1.165, 1.54) is 0 Å². The third-order valence-electron chi connectivity index (χ3n) is 2.54. The minimum Gasteiger partial charge on any atom is -0.496 e. The number of methoxy groups -OCH3 is 1. The lowest BCUT2D eigenvalue weighted by atomic mass is 10.0. The first kappa shape index (κ1) is 9.71. The van der Waals surface area contributed by atoms with Gasteiger partial charge < -0.3 is 4.74 Å². The van der Waals surface area contributed by atoms with Gasteiger partial charge in [0.2, 0.25) is 0 Å². The Kier molecular flexibility index (Phi) is 2.68. The van der Waals surface area contributed by atoms with E-state index in [0.717, 1.165) is 35.2 Å². The van der Waals surface area contributed by atoms with E-state index < -0.39 is 0 Å². The van der Waals surface area contributed by atoms with Crippen LogP contribution in [0.5, 0.6) is 0 Å². The highest BCUT2D eigenvalue weighted by atomic mass is 16.5. The van der Waals surface area contributed by atoms with Crippen molar-refractivity contribution in [2.45, 2.75) is 6.42 Å². The third-order valence-corrected chi connectivity index (χ3v) is 2.54. The molecule has 0 spiro atoms. The molecule has 0 aromatic carbocycles. The Balaban J connectivity index is 2.51. The number of aldehydes is 1. The van der Waals surface area contributed by atoms with E-state index in [9.17, 15) is 4.79 Å². The molecule has 2 bridgehead atoms. The molecule has 2 nitrogen and oxygen atoms in total. The zero-order chi connectivity index (χ0) is 10.7. The van der Waals surface area contributed by atoms with E-state index >= 15 is 0 Å². The van der Waals surface area contributed by atoms with Crippen molar-refractivity contribution < 1.29 is 9.53 Å². The van der Waals surface area contributed by atoms with Crippen LogP contribution in [-0.4, -0.2) is 13.4 Å². The van der Waals surface area contributed by atoms with Gasteiger partial charge in [0, 0.05) is 12.0 Å². The highest BCUT2D eigenvalue weighted by Gasteiger charge is 2.15. The molecule has 0 heterocycles. The maximum Gasteiger partial charge on any atom is 0.150 e. The molecule has 76 valence electrons. The quantitative estimate of drug-likeness (QED) is 0.640. The number of hydrogen-bond donors (Lipinski definition) is 0. The molecule has 0 aromatic rings. The fraction of sp³-hybridized carbons (Fsp3) is 0.154. The van der Waals surface area contributed by atoms with Gasteiger partial charge in [-0.25, -0.2) is 0 Å². The number of rotatable bonds is 2. The van der Waals surface area contributed by atoms with Gasteiger partial charge in [0.25, 0.3) is 0 Å². The van der Waals surface area contributed by atoms with Crippen molar-refractivity contribution in [2.75, 3.05) is 7.11 Å². The summed E-state index contributed by atoms with van der Waals surface area (Å²) in [4.78, 5) is 10.9. The molecular formula is C13H12O2. The molecule has 15 heavy (non-hydrogen) atoms. The summed E-state index contributed by atoms with van der Waals surface area (Å²) in [5, 5.41) is 0. The van der Waals surface area contributed by atoms with Gasteiger partial charge in [-0.15, -0.1) is 0 Å². The summed E-state index contributed by atoms with van der Waals surface area (Å²) in [6, 6.07) is 0. The molecule has 0 saturated carbocycles. The van der Waals surface area contributed by atoms with Gasteiger partial charge in [-0.3, -0.25) is 4.79 Å². The molecular weight excluding hydrogens is 188 g/mol. The first-order chi connectivity index (χ1) is 7.35. The number of fused-ring (bicyclic) bond motifs is 2. The third kappa shape index (κ3) is 1.84. The first-order valence-corrected chi connectivity index (χ1v) is 4.83. The fourth-order valence-corrected chi connectivity index (χ4v) is 1.73. The molecule has 2 aliphatic rings. The van der Waals surface area contributed by atoms with Gasteiger partial charge in [0.15, 0.2) is 0 Å². The van der Waals surface area contributed by atoms with Gasteiger partial charge in [0.05, 0.1) is 7.11 Å². The molecule has 2 rings (SSSR count). The summed E-state index contributed by atoms with van der Waals surface area (Å²) >= 11 is 0. The summed E-state index contributed by atoms with van der Waals surface area (Å²) < 4.78 is 5.28. The minimum atomic E-state index is 0.722. The molecule has 0 amide bonds. The van der Waals surface area contributed by atoms with Crippen molar-refractivity contribution in [3.8, 4) is 0 Å².